The molecule has 0 spiro atoms. The highest BCUT2D eigenvalue weighted by Gasteiger charge is 2.12. The monoisotopic (exact) mass is 172 g/mol. The van der Waals surface area contributed by atoms with Crippen molar-refractivity contribution in [3.8, 4) is 0 Å². The van der Waals surface area contributed by atoms with E-state index in [0.717, 1.165) is 6.07 Å². The second kappa shape index (κ2) is 2.92. The molecule has 0 saturated heterocycles. The Balaban J connectivity index is 3.32. The van der Waals surface area contributed by atoms with Crippen molar-refractivity contribution in [3.05, 3.63) is 29.6 Å². The van der Waals surface area contributed by atoms with Crippen LogP contribution in [0.5, 0.6) is 0 Å². The van der Waals surface area contributed by atoms with Crippen molar-refractivity contribution in [2.75, 3.05) is 0 Å². The largest absolute Gasteiger partial charge is 0.478 e. The molecule has 0 aliphatic carbocycles. The van der Waals surface area contributed by atoms with E-state index in [-0.39, 0.29) is 10.5 Å². The molecule has 0 heterocycles. The van der Waals surface area contributed by atoms with Crippen molar-refractivity contribution >= 4 is 18.6 Å². The average Bonchev–Trinajstić information content (AvgIpc) is 1.85. The molecule has 0 amide bonds. The third-order valence-electron chi connectivity index (χ3n) is 1.21. The highest BCUT2D eigenvalue weighted by Crippen LogP contribution is 2.16. The van der Waals surface area contributed by atoms with Gasteiger partial charge in [0.2, 0.25) is 0 Å². The summed E-state index contributed by atoms with van der Waals surface area (Å²) < 4.78 is 12.7. The third-order valence-corrected chi connectivity index (χ3v) is 1.58. The summed E-state index contributed by atoms with van der Waals surface area (Å²) >= 11 is 3.79. The lowest BCUT2D eigenvalue weighted by Crippen LogP contribution is -2.01. The lowest BCUT2D eigenvalue weighted by atomic mass is 10.2. The van der Waals surface area contributed by atoms with Gasteiger partial charge in [-0.25, -0.2) is 9.18 Å². The zero-order chi connectivity index (χ0) is 8.43. The summed E-state index contributed by atoms with van der Waals surface area (Å²) in [4.78, 5) is 10.5. The van der Waals surface area contributed by atoms with Crippen LogP contribution in [0.15, 0.2) is 23.1 Å². The number of carboxylic acids is 1. The van der Waals surface area contributed by atoms with Gasteiger partial charge in [-0.2, -0.15) is 0 Å². The van der Waals surface area contributed by atoms with E-state index in [9.17, 15) is 9.18 Å². The molecule has 0 radical (unpaired) electrons. The van der Waals surface area contributed by atoms with Gasteiger partial charge in [0.25, 0.3) is 0 Å². The third kappa shape index (κ3) is 1.51. The average molecular weight is 172 g/mol. The molecule has 0 aliphatic heterocycles. The van der Waals surface area contributed by atoms with Crippen LogP contribution < -0.4 is 0 Å². The number of carbonyl (C=O) groups is 1. The highest BCUT2D eigenvalue weighted by atomic mass is 32.1. The fraction of sp³-hybridized carbons (Fsp3) is 0. The molecule has 58 valence electrons. The van der Waals surface area contributed by atoms with Crippen LogP contribution in [-0.4, -0.2) is 11.1 Å². The second-order valence-corrected chi connectivity index (χ2v) is 2.42. The van der Waals surface area contributed by atoms with Crippen molar-refractivity contribution in [3.63, 3.8) is 0 Å². The number of rotatable bonds is 1. The van der Waals surface area contributed by atoms with E-state index in [1.54, 1.807) is 0 Å². The lowest BCUT2D eigenvalue weighted by molar-refractivity contribution is 0.0688. The highest BCUT2D eigenvalue weighted by molar-refractivity contribution is 7.80. The molecular formula is C7H5FO2S. The molecule has 0 unspecified atom stereocenters. The van der Waals surface area contributed by atoms with Gasteiger partial charge in [-0.3, -0.25) is 0 Å². The van der Waals surface area contributed by atoms with E-state index >= 15 is 0 Å². The molecule has 0 bridgehead atoms. The van der Waals surface area contributed by atoms with E-state index in [4.69, 9.17) is 5.11 Å². The molecule has 2 nitrogen and oxygen atoms in total. The first kappa shape index (κ1) is 8.07. The van der Waals surface area contributed by atoms with Crippen LogP contribution in [0, 0.1) is 5.82 Å². The van der Waals surface area contributed by atoms with Crippen LogP contribution in [-0.2, 0) is 0 Å². The van der Waals surface area contributed by atoms with Gasteiger partial charge < -0.3 is 5.11 Å². The maximum absolute atomic E-state index is 12.7. The summed E-state index contributed by atoms with van der Waals surface area (Å²) in [5.74, 6) is -2.06. The Labute approximate surface area is 68.1 Å². The molecule has 0 aliphatic rings. The van der Waals surface area contributed by atoms with E-state index in [1.807, 2.05) is 0 Å². The van der Waals surface area contributed by atoms with Gasteiger partial charge in [0.05, 0.1) is 0 Å². The van der Waals surface area contributed by atoms with E-state index in [2.05, 4.69) is 12.6 Å². The normalized spacial score (nSPS) is 9.64. The van der Waals surface area contributed by atoms with Crippen molar-refractivity contribution in [2.24, 2.45) is 0 Å². The summed E-state index contributed by atoms with van der Waals surface area (Å²) in [5, 5.41) is 8.46. The summed E-state index contributed by atoms with van der Waals surface area (Å²) in [6, 6.07) is 3.92. The van der Waals surface area contributed by atoms with Gasteiger partial charge in [-0.15, -0.1) is 12.6 Å². The fourth-order valence-corrected chi connectivity index (χ4v) is 1.01. The molecule has 0 fully saturated rings. The molecule has 0 aromatic heterocycles. The molecule has 1 rings (SSSR count). The summed E-state index contributed by atoms with van der Waals surface area (Å²) in [7, 11) is 0. The number of hydrogen-bond acceptors (Lipinski definition) is 2. The molecular weight excluding hydrogens is 167 g/mol. The summed E-state index contributed by atoms with van der Waals surface area (Å²) in [5.41, 5.74) is -0.379. The number of benzene rings is 1. The van der Waals surface area contributed by atoms with Crippen LogP contribution in [0.3, 0.4) is 0 Å². The maximum atomic E-state index is 12.7. The number of halogens is 1. The van der Waals surface area contributed by atoms with Crippen LogP contribution in [0.25, 0.3) is 0 Å². The minimum absolute atomic E-state index is 0.137. The molecule has 1 N–H and O–H groups in total. The first-order valence-corrected chi connectivity index (χ1v) is 3.28. The standard InChI is InChI=1S/C7H5FO2S/c8-4-2-1-3-5(11)6(4)7(9)10/h1-3,11H,(H,9,10). The van der Waals surface area contributed by atoms with Gasteiger partial charge in [0.1, 0.15) is 11.4 Å². The smallest absolute Gasteiger partial charge is 0.339 e. The minimum Gasteiger partial charge on any atom is -0.478 e. The second-order valence-electron chi connectivity index (χ2n) is 1.94. The van der Waals surface area contributed by atoms with E-state index < -0.39 is 11.8 Å². The zero-order valence-electron chi connectivity index (χ0n) is 5.41. The number of carboxylic acid groups (broad SMARTS) is 1. The Bertz CT molecular complexity index is 278. The molecule has 1 aromatic rings. The van der Waals surface area contributed by atoms with Crippen LogP contribution in [0.4, 0.5) is 4.39 Å². The number of hydrogen-bond donors (Lipinski definition) is 2. The van der Waals surface area contributed by atoms with Crippen molar-refractivity contribution in [2.45, 2.75) is 4.90 Å². The molecule has 11 heavy (non-hydrogen) atoms. The Morgan fingerprint density at radius 2 is 2.18 bits per heavy atom. The van der Waals surface area contributed by atoms with Gasteiger partial charge >= 0.3 is 5.97 Å². The fourth-order valence-electron chi connectivity index (χ4n) is 0.724. The minimum atomic E-state index is -1.30. The predicted molar refractivity (Wildman–Crippen MR) is 40.6 cm³/mol. The zero-order valence-corrected chi connectivity index (χ0v) is 6.31. The van der Waals surface area contributed by atoms with Gasteiger partial charge in [-0.05, 0) is 12.1 Å². The van der Waals surface area contributed by atoms with Crippen molar-refractivity contribution in [1.29, 1.82) is 0 Å². The molecule has 0 saturated carbocycles. The van der Waals surface area contributed by atoms with E-state index in [1.165, 1.54) is 12.1 Å². The Morgan fingerprint density at radius 3 is 2.55 bits per heavy atom. The van der Waals surface area contributed by atoms with Gasteiger partial charge in [0, 0.05) is 4.90 Å². The molecule has 0 atom stereocenters. The molecule has 1 aromatic carbocycles. The predicted octanol–water partition coefficient (Wildman–Crippen LogP) is 1.81. The first-order chi connectivity index (χ1) is 5.13. The topological polar surface area (TPSA) is 37.3 Å². The first-order valence-electron chi connectivity index (χ1n) is 2.83. The van der Waals surface area contributed by atoms with Gasteiger partial charge in [0.15, 0.2) is 0 Å². The quantitative estimate of drug-likeness (QED) is 0.634. The Hall–Kier alpha value is -1.03. The Kier molecular flexibility index (Phi) is 2.14. The summed E-state index contributed by atoms with van der Waals surface area (Å²) in [6.07, 6.45) is 0. The maximum Gasteiger partial charge on any atom is 0.339 e. The van der Waals surface area contributed by atoms with Crippen molar-refractivity contribution in [1.82, 2.24) is 0 Å². The lowest BCUT2D eigenvalue weighted by Gasteiger charge is -1.98. The summed E-state index contributed by atoms with van der Waals surface area (Å²) in [6.45, 7) is 0. The SMILES string of the molecule is O=C(O)c1c(F)cccc1S. The number of thiol groups is 1. The van der Waals surface area contributed by atoms with Crippen LogP contribution in [0.1, 0.15) is 10.4 Å². The molecule has 4 heteroatoms. The Morgan fingerprint density at radius 1 is 1.55 bits per heavy atom. The van der Waals surface area contributed by atoms with Crippen LogP contribution >= 0.6 is 12.6 Å². The van der Waals surface area contributed by atoms with Crippen molar-refractivity contribution < 1.29 is 14.3 Å². The van der Waals surface area contributed by atoms with Crippen LogP contribution in [0.2, 0.25) is 0 Å². The van der Waals surface area contributed by atoms with E-state index in [0.29, 0.717) is 0 Å². The van der Waals surface area contributed by atoms with Gasteiger partial charge in [-0.1, -0.05) is 6.07 Å². The number of aromatic carboxylic acids is 1.